The molecule has 3 N–H and O–H groups in total. The molecule has 0 saturated carbocycles. The van der Waals surface area contributed by atoms with Crippen LogP contribution >= 0.6 is 0 Å². The number of nitriles is 1. The van der Waals surface area contributed by atoms with Crippen LogP contribution in [0.1, 0.15) is 39.7 Å². The first-order valence-electron chi connectivity index (χ1n) is 14.6. The summed E-state index contributed by atoms with van der Waals surface area (Å²) >= 11 is 0. The first-order valence-corrected chi connectivity index (χ1v) is 14.6. The minimum absolute atomic E-state index is 0.0186. The molecule has 44 heavy (non-hydrogen) atoms. The van der Waals surface area contributed by atoms with Gasteiger partial charge in [0, 0.05) is 50.0 Å². The van der Waals surface area contributed by atoms with Gasteiger partial charge in [0.2, 0.25) is 0 Å². The van der Waals surface area contributed by atoms with Crippen molar-refractivity contribution in [1.29, 1.82) is 5.26 Å². The zero-order valence-electron chi connectivity index (χ0n) is 26.0. The molecule has 1 heterocycles. The molecule has 0 aliphatic carbocycles. The van der Waals surface area contributed by atoms with E-state index in [1.807, 2.05) is 19.9 Å². The fourth-order valence-corrected chi connectivity index (χ4v) is 4.43. The number of ether oxygens (including phenoxy) is 3. The number of methoxy groups -OCH3 is 1. The van der Waals surface area contributed by atoms with Crippen LogP contribution < -0.4 is 20.7 Å². The van der Waals surface area contributed by atoms with Crippen molar-refractivity contribution < 1.29 is 28.2 Å². The molecule has 12 heteroatoms. The average molecular weight is 607 g/mol. The van der Waals surface area contributed by atoms with Crippen molar-refractivity contribution in [3.8, 4) is 23.1 Å². The Morgan fingerprint density at radius 1 is 1.07 bits per heavy atom. The lowest BCUT2D eigenvalue weighted by Gasteiger charge is -2.28. The van der Waals surface area contributed by atoms with Gasteiger partial charge in [-0.05, 0) is 49.6 Å². The highest BCUT2D eigenvalue weighted by Crippen LogP contribution is 2.32. The summed E-state index contributed by atoms with van der Waals surface area (Å²) in [5, 5.41) is 17.4. The van der Waals surface area contributed by atoms with Crippen molar-refractivity contribution in [2.45, 2.75) is 52.9 Å². The van der Waals surface area contributed by atoms with Crippen molar-refractivity contribution in [1.82, 2.24) is 15.2 Å². The first kappa shape index (κ1) is 33.9. The number of carbonyl (C=O) groups excluding carboxylic acids is 2. The largest absolute Gasteiger partial charge is 0.496 e. The van der Waals surface area contributed by atoms with E-state index in [-0.39, 0.29) is 19.3 Å². The summed E-state index contributed by atoms with van der Waals surface area (Å²) in [4.78, 5) is 31.5. The lowest BCUT2D eigenvalue weighted by Crippen LogP contribution is -2.42. The molecule has 1 atom stereocenters. The molecule has 3 rings (SSSR count). The van der Waals surface area contributed by atoms with Crippen molar-refractivity contribution >= 4 is 23.5 Å². The molecule has 0 bridgehead atoms. The van der Waals surface area contributed by atoms with Gasteiger partial charge in [-0.15, -0.1) is 0 Å². The Balaban J connectivity index is 1.55. The van der Waals surface area contributed by atoms with Gasteiger partial charge in [0.25, 0.3) is 0 Å². The quantitative estimate of drug-likeness (QED) is 0.181. The van der Waals surface area contributed by atoms with E-state index in [9.17, 15) is 9.59 Å². The van der Waals surface area contributed by atoms with Gasteiger partial charge < -0.3 is 34.6 Å². The van der Waals surface area contributed by atoms with Crippen LogP contribution in [-0.4, -0.2) is 67.6 Å². The van der Waals surface area contributed by atoms with Crippen LogP contribution in [0.3, 0.4) is 0 Å². The number of rotatable bonds is 16. The van der Waals surface area contributed by atoms with Crippen LogP contribution in [0.25, 0.3) is 11.3 Å². The fourth-order valence-electron chi connectivity index (χ4n) is 4.43. The molecule has 0 fully saturated rings. The van der Waals surface area contributed by atoms with Gasteiger partial charge in [0.15, 0.2) is 12.2 Å². The molecule has 1 unspecified atom stereocenters. The molecule has 3 amide bonds. The smallest absolute Gasteiger partial charge is 0.407 e. The third kappa shape index (κ3) is 11.6. The number of oxazole rings is 1. The van der Waals surface area contributed by atoms with E-state index in [0.29, 0.717) is 53.9 Å². The number of hydrogen-bond acceptors (Lipinski definition) is 9. The predicted molar refractivity (Wildman–Crippen MR) is 167 cm³/mol. The van der Waals surface area contributed by atoms with Gasteiger partial charge >= 0.3 is 12.1 Å². The summed E-state index contributed by atoms with van der Waals surface area (Å²) in [5.74, 6) is 1.47. The minimum Gasteiger partial charge on any atom is -0.496 e. The number of carbonyl (C=O) groups is 2. The molecule has 2 aromatic carbocycles. The number of nitrogens with zero attached hydrogens (tertiary/aromatic N) is 3. The van der Waals surface area contributed by atoms with Crippen LogP contribution in [-0.2, 0) is 16.0 Å². The van der Waals surface area contributed by atoms with Gasteiger partial charge in [-0.1, -0.05) is 26.0 Å². The second-order valence-electron chi connectivity index (χ2n) is 10.9. The Kier molecular flexibility index (Phi) is 13.5. The molecule has 0 radical (unpaired) electrons. The van der Waals surface area contributed by atoms with E-state index < -0.39 is 18.2 Å². The number of anilines is 2. The van der Waals surface area contributed by atoms with E-state index in [2.05, 4.69) is 45.8 Å². The highest BCUT2D eigenvalue weighted by molar-refractivity contribution is 6.00. The third-order valence-corrected chi connectivity index (χ3v) is 6.29. The standard InChI is InChI=1S/C32H42N6O6/c1-22(2)18-38(13-7-12-33)19-27(20-42-23(3)4)44-32(40)35-16-24-8-6-9-25(14-24)36-31(39)37-26-10-11-28(29(15-26)41-5)30-17-34-21-43-30/h6,8-11,14-15,17,21-23,27H,7,13,16,18-20H2,1-5H3,(H,35,40)(H2,36,37,39). The van der Waals surface area contributed by atoms with E-state index in [1.54, 1.807) is 42.6 Å². The van der Waals surface area contributed by atoms with E-state index >= 15 is 0 Å². The monoisotopic (exact) mass is 606 g/mol. The Morgan fingerprint density at radius 3 is 2.50 bits per heavy atom. The summed E-state index contributed by atoms with van der Waals surface area (Å²) in [6, 6.07) is 14.1. The maximum Gasteiger partial charge on any atom is 0.407 e. The zero-order valence-corrected chi connectivity index (χ0v) is 26.0. The van der Waals surface area contributed by atoms with Crippen LogP contribution in [0, 0.1) is 17.2 Å². The van der Waals surface area contributed by atoms with Crippen LogP contribution in [0.2, 0.25) is 0 Å². The number of hydrogen-bond donors (Lipinski definition) is 3. The van der Waals surface area contributed by atoms with Gasteiger partial charge in [-0.2, -0.15) is 5.26 Å². The summed E-state index contributed by atoms with van der Waals surface area (Å²) < 4.78 is 22.3. The van der Waals surface area contributed by atoms with E-state index in [0.717, 1.165) is 12.1 Å². The molecule has 0 aliphatic rings. The molecular weight excluding hydrogens is 564 g/mol. The summed E-state index contributed by atoms with van der Waals surface area (Å²) in [5.41, 5.74) is 2.55. The molecular formula is C32H42N6O6. The predicted octanol–water partition coefficient (Wildman–Crippen LogP) is 5.89. The molecule has 0 aliphatic heterocycles. The highest BCUT2D eigenvalue weighted by atomic mass is 16.6. The summed E-state index contributed by atoms with van der Waals surface area (Å²) in [6.07, 6.45) is 2.21. The van der Waals surface area contributed by atoms with Crippen LogP contribution in [0.15, 0.2) is 59.5 Å². The number of urea groups is 1. The average Bonchev–Trinajstić information content (AvgIpc) is 3.52. The molecule has 236 valence electrons. The number of aromatic nitrogens is 1. The Morgan fingerprint density at radius 2 is 1.84 bits per heavy atom. The first-order chi connectivity index (χ1) is 21.2. The van der Waals surface area contributed by atoms with E-state index in [1.165, 1.54) is 13.5 Å². The molecule has 0 spiro atoms. The van der Waals surface area contributed by atoms with E-state index in [4.69, 9.17) is 23.9 Å². The topological polar surface area (TPSA) is 151 Å². The number of nitrogens with one attached hydrogen (secondary N) is 3. The van der Waals surface area contributed by atoms with Gasteiger partial charge in [0.05, 0.1) is 37.7 Å². The van der Waals surface area contributed by atoms with Crippen molar-refractivity contribution in [3.63, 3.8) is 0 Å². The molecule has 0 saturated heterocycles. The molecule has 12 nitrogen and oxygen atoms in total. The molecule has 1 aromatic heterocycles. The normalized spacial score (nSPS) is 11.7. The highest BCUT2D eigenvalue weighted by Gasteiger charge is 2.20. The number of benzene rings is 2. The lowest BCUT2D eigenvalue weighted by molar-refractivity contribution is -0.0189. The SMILES string of the molecule is COc1cc(NC(=O)Nc2cccc(CNC(=O)OC(COC(C)C)CN(CCC#N)CC(C)C)c2)ccc1-c1cnco1. The third-order valence-electron chi connectivity index (χ3n) is 6.29. The lowest BCUT2D eigenvalue weighted by atomic mass is 10.1. The Hall–Kier alpha value is -4.60. The molecule has 3 aromatic rings. The summed E-state index contributed by atoms with van der Waals surface area (Å²) in [7, 11) is 1.53. The maximum absolute atomic E-state index is 12.7. The zero-order chi connectivity index (χ0) is 31.9. The fraction of sp³-hybridized carbons (Fsp3) is 0.438. The number of amides is 3. The second-order valence-corrected chi connectivity index (χ2v) is 10.9. The Labute approximate surface area is 258 Å². The maximum atomic E-state index is 12.7. The van der Waals surface area contributed by atoms with Gasteiger partial charge in [-0.3, -0.25) is 4.90 Å². The van der Waals surface area contributed by atoms with Gasteiger partial charge in [-0.25, -0.2) is 14.6 Å². The van der Waals surface area contributed by atoms with Crippen molar-refractivity contribution in [2.24, 2.45) is 5.92 Å². The number of alkyl carbamates (subject to hydrolysis) is 1. The Bertz CT molecular complexity index is 1370. The van der Waals surface area contributed by atoms with Crippen LogP contribution in [0.5, 0.6) is 5.75 Å². The van der Waals surface area contributed by atoms with Crippen molar-refractivity contribution in [3.05, 3.63) is 60.6 Å². The minimum atomic E-state index is -0.578. The van der Waals surface area contributed by atoms with Gasteiger partial charge in [0.1, 0.15) is 11.9 Å². The summed E-state index contributed by atoms with van der Waals surface area (Å²) in [6.45, 7) is 10.3. The van der Waals surface area contributed by atoms with Crippen LogP contribution in [0.4, 0.5) is 21.0 Å². The second kappa shape index (κ2) is 17.5. The van der Waals surface area contributed by atoms with Crippen molar-refractivity contribution in [2.75, 3.05) is 44.0 Å².